The first-order valence-corrected chi connectivity index (χ1v) is 8.24. The van der Waals surface area contributed by atoms with Gasteiger partial charge in [0.2, 0.25) is 5.91 Å². The van der Waals surface area contributed by atoms with Gasteiger partial charge in [-0.15, -0.1) is 0 Å². The van der Waals surface area contributed by atoms with Gasteiger partial charge in [-0.1, -0.05) is 37.3 Å². The summed E-state index contributed by atoms with van der Waals surface area (Å²) in [5.41, 5.74) is 5.72. The number of benzene rings is 1. The van der Waals surface area contributed by atoms with Crippen LogP contribution in [0.3, 0.4) is 0 Å². The molecule has 0 aromatic heterocycles. The summed E-state index contributed by atoms with van der Waals surface area (Å²) in [6.45, 7) is 5.69. The third-order valence-corrected chi connectivity index (χ3v) is 3.29. The molecule has 0 fully saturated rings. The summed E-state index contributed by atoms with van der Waals surface area (Å²) in [6.07, 6.45) is -1.63. The molecule has 25 heavy (non-hydrogen) atoms. The van der Waals surface area contributed by atoms with Crippen LogP contribution < -0.4 is 11.1 Å². The summed E-state index contributed by atoms with van der Waals surface area (Å²) in [6, 6.07) is 8.90. The number of carbonyl (C=O) groups is 3. The van der Waals surface area contributed by atoms with E-state index in [9.17, 15) is 14.4 Å². The number of carbonyl (C=O) groups excluding carboxylic acids is 3. The average molecular weight is 350 g/mol. The fraction of sp³-hybridized carbons (Fsp3) is 0.500. The molecule has 1 rings (SSSR count). The Kier molecular flexibility index (Phi) is 8.46. The molecule has 138 valence electrons. The van der Waals surface area contributed by atoms with Crippen molar-refractivity contribution >= 4 is 18.0 Å². The van der Waals surface area contributed by atoms with Crippen molar-refractivity contribution in [2.24, 2.45) is 11.7 Å². The van der Waals surface area contributed by atoms with Gasteiger partial charge in [0.05, 0.1) is 13.0 Å². The van der Waals surface area contributed by atoms with Gasteiger partial charge in [-0.3, -0.25) is 9.59 Å². The first kappa shape index (κ1) is 20.5. The molecule has 0 saturated carbocycles. The van der Waals surface area contributed by atoms with Crippen LogP contribution in [0.2, 0.25) is 0 Å². The van der Waals surface area contributed by atoms with E-state index in [0.717, 1.165) is 0 Å². The number of ether oxygens (including phenoxy) is 2. The van der Waals surface area contributed by atoms with Crippen molar-refractivity contribution in [1.29, 1.82) is 0 Å². The van der Waals surface area contributed by atoms with E-state index in [1.165, 1.54) is 0 Å². The van der Waals surface area contributed by atoms with Gasteiger partial charge in [0, 0.05) is 12.5 Å². The van der Waals surface area contributed by atoms with E-state index in [0.29, 0.717) is 5.56 Å². The van der Waals surface area contributed by atoms with E-state index in [2.05, 4.69) is 5.32 Å². The van der Waals surface area contributed by atoms with E-state index in [1.807, 2.05) is 26.8 Å². The summed E-state index contributed by atoms with van der Waals surface area (Å²) in [5, 5.41) is 2.79. The number of amides is 2. The Bertz CT molecular complexity index is 574. The van der Waals surface area contributed by atoms with Crippen LogP contribution in [0, 0.1) is 5.92 Å². The summed E-state index contributed by atoms with van der Waals surface area (Å²) >= 11 is 0. The number of primary amides is 1. The maximum Gasteiger partial charge on any atom is 0.405 e. The zero-order valence-corrected chi connectivity index (χ0v) is 14.9. The molecule has 1 aromatic rings. The highest BCUT2D eigenvalue weighted by Gasteiger charge is 2.21. The normalized spacial score (nSPS) is 13.0. The first-order chi connectivity index (χ1) is 11.8. The highest BCUT2D eigenvalue weighted by atomic mass is 16.6. The highest BCUT2D eigenvalue weighted by Crippen LogP contribution is 2.21. The Balaban J connectivity index is 2.49. The van der Waals surface area contributed by atoms with Crippen molar-refractivity contribution in [3.8, 4) is 0 Å². The van der Waals surface area contributed by atoms with Crippen molar-refractivity contribution in [3.63, 3.8) is 0 Å². The molecule has 2 amide bonds. The largest absolute Gasteiger partial charge is 0.465 e. The summed E-state index contributed by atoms with van der Waals surface area (Å²) in [7, 11) is 0. The van der Waals surface area contributed by atoms with Crippen LogP contribution in [-0.2, 0) is 19.1 Å². The second-order valence-electron chi connectivity index (χ2n) is 6.25. The Hall–Kier alpha value is -2.57. The van der Waals surface area contributed by atoms with Gasteiger partial charge in [-0.25, -0.2) is 4.79 Å². The minimum Gasteiger partial charge on any atom is -0.465 e. The smallest absolute Gasteiger partial charge is 0.405 e. The lowest BCUT2D eigenvalue weighted by Crippen LogP contribution is -2.32. The van der Waals surface area contributed by atoms with Gasteiger partial charge in [-0.2, -0.15) is 0 Å². The number of rotatable bonds is 9. The number of nitrogens with two attached hydrogens (primary N) is 1. The molecule has 0 radical (unpaired) electrons. The standard InChI is InChI=1S/C18H26N2O5/c1-12(2)20-16(21)9-13(3)11-24-17(22)10-15(25-18(19)23)14-7-5-4-6-8-14/h4-8,12-13,15H,9-11H2,1-3H3,(H2,19,23)(H,20,21). The lowest BCUT2D eigenvalue weighted by atomic mass is 10.1. The molecule has 0 spiro atoms. The summed E-state index contributed by atoms with van der Waals surface area (Å²) in [4.78, 5) is 34.7. The molecular formula is C18H26N2O5. The van der Waals surface area contributed by atoms with Crippen LogP contribution in [0.4, 0.5) is 4.79 Å². The lowest BCUT2D eigenvalue weighted by molar-refractivity contribution is -0.147. The monoisotopic (exact) mass is 350 g/mol. The zero-order valence-electron chi connectivity index (χ0n) is 14.9. The van der Waals surface area contributed by atoms with Gasteiger partial charge >= 0.3 is 12.1 Å². The molecule has 7 nitrogen and oxygen atoms in total. The molecular weight excluding hydrogens is 324 g/mol. The number of hydrogen-bond donors (Lipinski definition) is 2. The molecule has 0 aliphatic carbocycles. The fourth-order valence-corrected chi connectivity index (χ4v) is 2.24. The van der Waals surface area contributed by atoms with Crippen molar-refractivity contribution < 1.29 is 23.9 Å². The van der Waals surface area contributed by atoms with E-state index in [-0.39, 0.29) is 37.3 Å². The van der Waals surface area contributed by atoms with Crippen LogP contribution in [0.1, 0.15) is 45.3 Å². The fourth-order valence-electron chi connectivity index (χ4n) is 2.24. The van der Waals surface area contributed by atoms with Gasteiger partial charge in [0.15, 0.2) is 0 Å². The molecule has 7 heteroatoms. The Morgan fingerprint density at radius 3 is 2.28 bits per heavy atom. The molecule has 3 N–H and O–H groups in total. The predicted molar refractivity (Wildman–Crippen MR) is 92.5 cm³/mol. The van der Waals surface area contributed by atoms with Gasteiger partial charge in [0.1, 0.15) is 6.10 Å². The van der Waals surface area contributed by atoms with Crippen molar-refractivity contribution in [3.05, 3.63) is 35.9 Å². The van der Waals surface area contributed by atoms with Crippen LogP contribution in [0.15, 0.2) is 30.3 Å². The predicted octanol–water partition coefficient (Wildman–Crippen LogP) is 2.31. The second-order valence-corrected chi connectivity index (χ2v) is 6.25. The molecule has 1 aromatic carbocycles. The number of nitrogens with one attached hydrogen (secondary N) is 1. The summed E-state index contributed by atoms with van der Waals surface area (Å²) in [5.74, 6) is -0.723. The SMILES string of the molecule is CC(COC(=O)CC(OC(N)=O)c1ccccc1)CC(=O)NC(C)C. The van der Waals surface area contributed by atoms with E-state index in [1.54, 1.807) is 24.3 Å². The molecule has 0 heterocycles. The van der Waals surface area contributed by atoms with Crippen LogP contribution in [0.5, 0.6) is 0 Å². The number of hydrogen-bond acceptors (Lipinski definition) is 5. The maximum atomic E-state index is 12.0. The minimum absolute atomic E-state index is 0.0693. The Morgan fingerprint density at radius 2 is 1.72 bits per heavy atom. The maximum absolute atomic E-state index is 12.0. The van der Waals surface area contributed by atoms with Crippen molar-refractivity contribution in [1.82, 2.24) is 5.32 Å². The van der Waals surface area contributed by atoms with Crippen LogP contribution in [0.25, 0.3) is 0 Å². The molecule has 0 aliphatic rings. The van der Waals surface area contributed by atoms with E-state index < -0.39 is 18.2 Å². The van der Waals surface area contributed by atoms with Crippen molar-refractivity contribution in [2.75, 3.05) is 6.61 Å². The van der Waals surface area contributed by atoms with E-state index in [4.69, 9.17) is 15.2 Å². The average Bonchev–Trinajstić information content (AvgIpc) is 2.52. The molecule has 0 bridgehead atoms. The van der Waals surface area contributed by atoms with Crippen molar-refractivity contribution in [2.45, 2.75) is 45.8 Å². The van der Waals surface area contributed by atoms with Crippen LogP contribution in [-0.4, -0.2) is 30.6 Å². The topological polar surface area (TPSA) is 108 Å². The molecule has 0 saturated heterocycles. The highest BCUT2D eigenvalue weighted by molar-refractivity contribution is 5.76. The lowest BCUT2D eigenvalue weighted by Gasteiger charge is -2.17. The number of esters is 1. The molecule has 0 aliphatic heterocycles. The van der Waals surface area contributed by atoms with Gasteiger partial charge < -0.3 is 20.5 Å². The molecule has 2 atom stereocenters. The van der Waals surface area contributed by atoms with Crippen LogP contribution >= 0.6 is 0 Å². The quantitative estimate of drug-likeness (QED) is 0.665. The Labute approximate surface area is 147 Å². The van der Waals surface area contributed by atoms with E-state index >= 15 is 0 Å². The van der Waals surface area contributed by atoms with Gasteiger partial charge in [-0.05, 0) is 25.3 Å². The minimum atomic E-state index is -0.958. The van der Waals surface area contributed by atoms with Gasteiger partial charge in [0.25, 0.3) is 0 Å². The Morgan fingerprint density at radius 1 is 1.08 bits per heavy atom. The first-order valence-electron chi connectivity index (χ1n) is 8.24. The summed E-state index contributed by atoms with van der Waals surface area (Å²) < 4.78 is 10.2. The zero-order chi connectivity index (χ0) is 18.8. The third-order valence-electron chi connectivity index (χ3n) is 3.29. The molecule has 2 unspecified atom stereocenters. The second kappa shape index (κ2) is 10.3. The third kappa shape index (κ3) is 8.74.